The predicted molar refractivity (Wildman–Crippen MR) is 81.0 cm³/mol. The highest BCUT2D eigenvalue weighted by molar-refractivity contribution is 6.30. The number of aryl methyl sites for hydroxylation is 3. The van der Waals surface area contributed by atoms with Crippen LogP contribution in [-0.2, 0) is 0 Å². The van der Waals surface area contributed by atoms with Gasteiger partial charge in [0.05, 0.1) is 0 Å². The highest BCUT2D eigenvalue weighted by Crippen LogP contribution is 2.31. The normalized spacial score (nSPS) is 10.4. The van der Waals surface area contributed by atoms with Gasteiger partial charge in [-0.15, -0.1) is 0 Å². The number of pyridine rings is 1. The SMILES string of the molecule is Cc1cc(C(=N)N)cc(Oc2c(C)cc(Cl)cc2C)n1. The second-order valence-electron chi connectivity index (χ2n) is 4.72. The van der Waals surface area contributed by atoms with E-state index in [1.807, 2.05) is 32.9 Å². The molecule has 2 aromatic rings. The van der Waals surface area contributed by atoms with E-state index in [-0.39, 0.29) is 5.84 Å². The van der Waals surface area contributed by atoms with Crippen molar-refractivity contribution in [2.24, 2.45) is 5.73 Å². The average molecular weight is 290 g/mol. The third kappa shape index (κ3) is 3.08. The first kappa shape index (κ1) is 14.3. The summed E-state index contributed by atoms with van der Waals surface area (Å²) in [6.07, 6.45) is 0. The topological polar surface area (TPSA) is 72.0 Å². The molecule has 0 unspecified atom stereocenters. The number of nitrogens with one attached hydrogen (secondary N) is 1. The Morgan fingerprint density at radius 3 is 2.30 bits per heavy atom. The molecule has 0 atom stereocenters. The lowest BCUT2D eigenvalue weighted by Gasteiger charge is -2.12. The van der Waals surface area contributed by atoms with E-state index in [9.17, 15) is 0 Å². The summed E-state index contributed by atoms with van der Waals surface area (Å²) in [6, 6.07) is 7.08. The van der Waals surface area contributed by atoms with Crippen molar-refractivity contribution >= 4 is 17.4 Å². The van der Waals surface area contributed by atoms with E-state index < -0.39 is 0 Å². The van der Waals surface area contributed by atoms with Crippen LogP contribution in [0.15, 0.2) is 24.3 Å². The summed E-state index contributed by atoms with van der Waals surface area (Å²) < 4.78 is 5.84. The minimum atomic E-state index is -0.00935. The summed E-state index contributed by atoms with van der Waals surface area (Å²) >= 11 is 6.00. The van der Waals surface area contributed by atoms with Crippen LogP contribution in [-0.4, -0.2) is 10.8 Å². The molecule has 3 N–H and O–H groups in total. The van der Waals surface area contributed by atoms with Gasteiger partial charge in [0.15, 0.2) is 0 Å². The number of rotatable bonds is 3. The molecule has 0 radical (unpaired) electrons. The van der Waals surface area contributed by atoms with Crippen molar-refractivity contribution in [3.63, 3.8) is 0 Å². The maximum atomic E-state index is 7.50. The van der Waals surface area contributed by atoms with Gasteiger partial charge in [-0.05, 0) is 50.1 Å². The lowest BCUT2D eigenvalue weighted by molar-refractivity contribution is 0.454. The number of halogens is 1. The standard InChI is InChI=1S/C15H16ClN3O/c1-8-4-12(16)5-9(2)14(8)20-13-7-11(15(17)18)6-10(3)19-13/h4-7H,1-3H3,(H3,17,18). The average Bonchev–Trinajstić information content (AvgIpc) is 2.33. The number of amidine groups is 1. The molecule has 4 nitrogen and oxygen atoms in total. The maximum Gasteiger partial charge on any atom is 0.220 e. The molecule has 1 aromatic carbocycles. The lowest BCUT2D eigenvalue weighted by Crippen LogP contribution is -2.11. The smallest absolute Gasteiger partial charge is 0.220 e. The fraction of sp³-hybridized carbons (Fsp3) is 0.200. The Balaban J connectivity index is 2.42. The number of benzene rings is 1. The van der Waals surface area contributed by atoms with Crippen LogP contribution in [0.2, 0.25) is 5.02 Å². The molecule has 0 amide bonds. The first-order chi connectivity index (χ1) is 9.36. The minimum absolute atomic E-state index is 0.00935. The van der Waals surface area contributed by atoms with Gasteiger partial charge in [-0.25, -0.2) is 4.98 Å². The Kier molecular flexibility index (Phi) is 3.95. The summed E-state index contributed by atoms with van der Waals surface area (Å²) in [5.74, 6) is 1.13. The van der Waals surface area contributed by atoms with Crippen molar-refractivity contribution in [2.75, 3.05) is 0 Å². The van der Waals surface area contributed by atoms with Crippen LogP contribution in [0, 0.1) is 26.2 Å². The van der Waals surface area contributed by atoms with Gasteiger partial charge in [0.25, 0.3) is 0 Å². The molecule has 0 saturated carbocycles. The maximum absolute atomic E-state index is 7.50. The fourth-order valence-electron chi connectivity index (χ4n) is 2.01. The van der Waals surface area contributed by atoms with Gasteiger partial charge in [0.2, 0.25) is 5.88 Å². The Labute approximate surface area is 123 Å². The Morgan fingerprint density at radius 1 is 1.15 bits per heavy atom. The Morgan fingerprint density at radius 2 is 1.75 bits per heavy atom. The van der Waals surface area contributed by atoms with Gasteiger partial charge in [-0.1, -0.05) is 11.6 Å². The number of hydrogen-bond acceptors (Lipinski definition) is 3. The van der Waals surface area contributed by atoms with E-state index in [0.29, 0.717) is 16.5 Å². The highest BCUT2D eigenvalue weighted by atomic mass is 35.5. The van der Waals surface area contributed by atoms with Crippen molar-refractivity contribution in [3.8, 4) is 11.6 Å². The number of hydrogen-bond donors (Lipinski definition) is 2. The Bertz CT molecular complexity index is 660. The third-order valence-electron chi connectivity index (χ3n) is 2.87. The number of nitrogens with zero attached hydrogens (tertiary/aromatic N) is 1. The molecule has 0 aliphatic carbocycles. The largest absolute Gasteiger partial charge is 0.438 e. The van der Waals surface area contributed by atoms with E-state index in [1.54, 1.807) is 12.1 Å². The van der Waals surface area contributed by atoms with E-state index in [1.165, 1.54) is 0 Å². The molecular weight excluding hydrogens is 274 g/mol. The van der Waals surface area contributed by atoms with Crippen LogP contribution in [0.1, 0.15) is 22.4 Å². The van der Waals surface area contributed by atoms with Crippen molar-refractivity contribution in [1.82, 2.24) is 4.98 Å². The molecule has 0 aliphatic rings. The predicted octanol–water partition coefficient (Wildman–Crippen LogP) is 3.74. The summed E-state index contributed by atoms with van der Waals surface area (Å²) in [7, 11) is 0. The molecule has 0 saturated heterocycles. The zero-order valence-electron chi connectivity index (χ0n) is 11.6. The van der Waals surface area contributed by atoms with Crippen molar-refractivity contribution in [1.29, 1.82) is 5.41 Å². The van der Waals surface area contributed by atoms with Crippen molar-refractivity contribution in [3.05, 3.63) is 51.7 Å². The second kappa shape index (κ2) is 5.51. The van der Waals surface area contributed by atoms with Crippen LogP contribution in [0.25, 0.3) is 0 Å². The van der Waals surface area contributed by atoms with Gasteiger partial charge in [-0.2, -0.15) is 0 Å². The van der Waals surface area contributed by atoms with E-state index in [4.69, 9.17) is 27.5 Å². The third-order valence-corrected chi connectivity index (χ3v) is 3.09. The summed E-state index contributed by atoms with van der Waals surface area (Å²) in [4.78, 5) is 4.31. The second-order valence-corrected chi connectivity index (χ2v) is 5.16. The number of nitrogens with two attached hydrogens (primary N) is 1. The highest BCUT2D eigenvalue weighted by Gasteiger charge is 2.10. The van der Waals surface area contributed by atoms with E-state index >= 15 is 0 Å². The van der Waals surface area contributed by atoms with Crippen molar-refractivity contribution < 1.29 is 4.74 Å². The van der Waals surface area contributed by atoms with Crippen LogP contribution in [0.3, 0.4) is 0 Å². The number of ether oxygens (including phenoxy) is 1. The molecule has 1 aromatic heterocycles. The van der Waals surface area contributed by atoms with Gasteiger partial charge < -0.3 is 10.5 Å². The van der Waals surface area contributed by atoms with Crippen LogP contribution in [0.4, 0.5) is 0 Å². The summed E-state index contributed by atoms with van der Waals surface area (Å²) in [5.41, 5.74) is 8.71. The summed E-state index contributed by atoms with van der Waals surface area (Å²) in [5, 5.41) is 8.17. The molecule has 0 aliphatic heterocycles. The molecule has 0 spiro atoms. The van der Waals surface area contributed by atoms with Gasteiger partial charge in [-0.3, -0.25) is 5.41 Å². The molecule has 104 valence electrons. The summed E-state index contributed by atoms with van der Waals surface area (Å²) in [6.45, 7) is 5.69. The quantitative estimate of drug-likeness (QED) is 0.668. The van der Waals surface area contributed by atoms with Crippen LogP contribution >= 0.6 is 11.6 Å². The molecular formula is C15H16ClN3O. The molecule has 2 rings (SSSR count). The Hall–Kier alpha value is -2.07. The van der Waals surface area contributed by atoms with Crippen LogP contribution < -0.4 is 10.5 Å². The fourth-order valence-corrected chi connectivity index (χ4v) is 2.34. The number of nitrogen functional groups attached to an aromatic ring is 1. The zero-order valence-corrected chi connectivity index (χ0v) is 12.4. The lowest BCUT2D eigenvalue weighted by atomic mass is 10.1. The van der Waals surface area contributed by atoms with Crippen molar-refractivity contribution in [2.45, 2.75) is 20.8 Å². The molecule has 0 fully saturated rings. The monoisotopic (exact) mass is 289 g/mol. The first-order valence-electron chi connectivity index (χ1n) is 6.14. The van der Waals surface area contributed by atoms with E-state index in [2.05, 4.69) is 4.98 Å². The molecule has 1 heterocycles. The van der Waals surface area contributed by atoms with Crippen LogP contribution in [0.5, 0.6) is 11.6 Å². The van der Waals surface area contributed by atoms with Gasteiger partial charge >= 0.3 is 0 Å². The van der Waals surface area contributed by atoms with Gasteiger partial charge in [0, 0.05) is 22.3 Å². The molecule has 20 heavy (non-hydrogen) atoms. The molecule has 5 heteroatoms. The first-order valence-corrected chi connectivity index (χ1v) is 6.52. The minimum Gasteiger partial charge on any atom is -0.438 e. The van der Waals surface area contributed by atoms with Gasteiger partial charge in [0.1, 0.15) is 11.6 Å². The number of aromatic nitrogens is 1. The molecule has 0 bridgehead atoms. The van der Waals surface area contributed by atoms with E-state index in [0.717, 1.165) is 22.6 Å². The zero-order chi connectivity index (χ0) is 14.9.